The lowest BCUT2D eigenvalue weighted by atomic mass is 9.87. The van der Waals surface area contributed by atoms with Crippen LogP contribution in [-0.4, -0.2) is 25.8 Å². The van der Waals surface area contributed by atoms with Crippen molar-refractivity contribution in [1.82, 2.24) is 0 Å². The van der Waals surface area contributed by atoms with Gasteiger partial charge in [0.2, 0.25) is 0 Å². The van der Waals surface area contributed by atoms with Crippen molar-refractivity contribution in [2.24, 2.45) is 5.92 Å². The number of esters is 1. The minimum atomic E-state index is 0.0102. The minimum Gasteiger partial charge on any atom is -0.465 e. The zero-order chi connectivity index (χ0) is 12.5. The predicted molar refractivity (Wildman–Crippen MR) is 67.9 cm³/mol. The van der Waals surface area contributed by atoms with Crippen LogP contribution in [0.5, 0.6) is 0 Å². The van der Waals surface area contributed by atoms with Gasteiger partial charge >= 0.3 is 5.97 Å². The molecule has 0 atom stereocenters. The predicted octanol–water partition coefficient (Wildman–Crippen LogP) is 3.32. The van der Waals surface area contributed by atoms with Gasteiger partial charge in [-0.25, -0.2) is 0 Å². The Morgan fingerprint density at radius 3 is 2.41 bits per heavy atom. The monoisotopic (exact) mass is 242 g/mol. The van der Waals surface area contributed by atoms with Gasteiger partial charge in [0.1, 0.15) is 0 Å². The normalized spacial score (nSPS) is 24.6. The molecule has 0 saturated heterocycles. The number of ether oxygens (including phenoxy) is 2. The molecule has 0 aromatic rings. The molecular formula is C14H26O3. The van der Waals surface area contributed by atoms with Crippen LogP contribution in [0.15, 0.2) is 0 Å². The van der Waals surface area contributed by atoms with Crippen molar-refractivity contribution in [3.05, 3.63) is 0 Å². The van der Waals surface area contributed by atoms with Crippen molar-refractivity contribution in [2.45, 2.75) is 64.4 Å². The first-order chi connectivity index (χ1) is 8.27. The average Bonchev–Trinajstić information content (AvgIpc) is 2.38. The lowest BCUT2D eigenvalue weighted by Crippen LogP contribution is -2.27. The molecule has 1 aliphatic rings. The second-order valence-corrected chi connectivity index (χ2v) is 4.94. The summed E-state index contributed by atoms with van der Waals surface area (Å²) in [5.41, 5.74) is 0. The molecule has 0 aromatic heterocycles. The van der Waals surface area contributed by atoms with E-state index >= 15 is 0 Å². The highest BCUT2D eigenvalue weighted by atomic mass is 16.5. The Bertz CT molecular complexity index is 208. The van der Waals surface area contributed by atoms with Gasteiger partial charge in [-0.1, -0.05) is 26.2 Å². The van der Waals surface area contributed by atoms with Crippen molar-refractivity contribution in [2.75, 3.05) is 13.7 Å². The Kier molecular flexibility index (Phi) is 7.25. The fraction of sp³-hybridized carbons (Fsp3) is 0.929. The lowest BCUT2D eigenvalue weighted by molar-refractivity contribution is -0.150. The molecule has 0 radical (unpaired) electrons. The fourth-order valence-electron chi connectivity index (χ4n) is 2.35. The summed E-state index contributed by atoms with van der Waals surface area (Å²) < 4.78 is 10.6. The van der Waals surface area contributed by atoms with E-state index in [1.807, 2.05) is 0 Å². The summed E-state index contributed by atoms with van der Waals surface area (Å²) >= 11 is 0. The third-order valence-corrected chi connectivity index (χ3v) is 3.58. The van der Waals surface area contributed by atoms with Crippen molar-refractivity contribution in [3.8, 4) is 0 Å². The van der Waals surface area contributed by atoms with E-state index in [-0.39, 0.29) is 11.9 Å². The zero-order valence-corrected chi connectivity index (χ0v) is 11.2. The Hall–Kier alpha value is -0.570. The van der Waals surface area contributed by atoms with Crippen LogP contribution in [0.25, 0.3) is 0 Å². The first-order valence-corrected chi connectivity index (χ1v) is 6.97. The van der Waals surface area contributed by atoms with E-state index in [0.29, 0.717) is 12.7 Å². The van der Waals surface area contributed by atoms with Gasteiger partial charge in [-0.3, -0.25) is 4.79 Å². The Labute approximate surface area is 105 Å². The summed E-state index contributed by atoms with van der Waals surface area (Å²) in [6, 6.07) is 0. The molecule has 0 N–H and O–H groups in total. The zero-order valence-electron chi connectivity index (χ0n) is 11.2. The average molecular weight is 242 g/mol. The molecule has 0 amide bonds. The first-order valence-electron chi connectivity index (χ1n) is 6.97. The standard InChI is InChI=1S/C14H26O3/c1-3-4-5-6-11-17-14(15)12-7-9-13(16-2)10-8-12/h12-13H,3-11H2,1-2H3. The quantitative estimate of drug-likeness (QED) is 0.507. The molecule has 17 heavy (non-hydrogen) atoms. The van der Waals surface area contributed by atoms with E-state index in [1.165, 1.54) is 19.3 Å². The SMILES string of the molecule is CCCCCCOC(=O)C1CCC(OC)CC1. The van der Waals surface area contributed by atoms with Gasteiger partial charge in [-0.05, 0) is 32.1 Å². The summed E-state index contributed by atoms with van der Waals surface area (Å²) in [6.45, 7) is 2.78. The summed E-state index contributed by atoms with van der Waals surface area (Å²) in [4.78, 5) is 11.8. The molecule has 0 aromatic carbocycles. The maximum absolute atomic E-state index is 11.8. The maximum atomic E-state index is 11.8. The number of rotatable bonds is 7. The van der Waals surface area contributed by atoms with Crippen LogP contribution in [0.3, 0.4) is 0 Å². The molecule has 0 unspecified atom stereocenters. The molecular weight excluding hydrogens is 216 g/mol. The van der Waals surface area contributed by atoms with Gasteiger partial charge < -0.3 is 9.47 Å². The van der Waals surface area contributed by atoms with E-state index in [2.05, 4.69) is 6.92 Å². The summed E-state index contributed by atoms with van der Waals surface area (Å²) in [7, 11) is 1.75. The number of hydrogen-bond acceptors (Lipinski definition) is 3. The summed E-state index contributed by atoms with van der Waals surface area (Å²) in [5.74, 6) is 0.128. The highest BCUT2D eigenvalue weighted by Gasteiger charge is 2.26. The molecule has 3 heteroatoms. The van der Waals surface area contributed by atoms with Crippen LogP contribution in [-0.2, 0) is 14.3 Å². The largest absolute Gasteiger partial charge is 0.465 e. The second-order valence-electron chi connectivity index (χ2n) is 4.94. The van der Waals surface area contributed by atoms with E-state index < -0.39 is 0 Å². The summed E-state index contributed by atoms with van der Waals surface area (Å²) in [5, 5.41) is 0. The number of methoxy groups -OCH3 is 1. The number of carbonyl (C=O) groups is 1. The van der Waals surface area contributed by atoms with Crippen molar-refractivity contribution < 1.29 is 14.3 Å². The third kappa shape index (κ3) is 5.53. The molecule has 0 aliphatic heterocycles. The number of hydrogen-bond donors (Lipinski definition) is 0. The lowest BCUT2D eigenvalue weighted by Gasteiger charge is -2.26. The summed E-state index contributed by atoms with van der Waals surface area (Å²) in [6.07, 6.45) is 8.80. The molecule has 1 fully saturated rings. The fourth-order valence-corrected chi connectivity index (χ4v) is 2.35. The molecule has 1 rings (SSSR count). The molecule has 1 saturated carbocycles. The van der Waals surface area contributed by atoms with E-state index in [4.69, 9.17) is 9.47 Å². The van der Waals surface area contributed by atoms with Crippen LogP contribution >= 0.6 is 0 Å². The number of carbonyl (C=O) groups excluding carboxylic acids is 1. The molecule has 3 nitrogen and oxygen atoms in total. The van der Waals surface area contributed by atoms with E-state index in [9.17, 15) is 4.79 Å². The van der Waals surface area contributed by atoms with E-state index in [0.717, 1.165) is 32.1 Å². The smallest absolute Gasteiger partial charge is 0.308 e. The Balaban J connectivity index is 2.08. The molecule has 1 aliphatic carbocycles. The van der Waals surface area contributed by atoms with Gasteiger partial charge in [-0.15, -0.1) is 0 Å². The molecule has 0 bridgehead atoms. The van der Waals surface area contributed by atoms with Crippen LogP contribution in [0, 0.1) is 5.92 Å². The van der Waals surface area contributed by atoms with Crippen LogP contribution in [0.4, 0.5) is 0 Å². The van der Waals surface area contributed by atoms with Crippen LogP contribution in [0.1, 0.15) is 58.3 Å². The highest BCUT2D eigenvalue weighted by molar-refractivity contribution is 5.72. The van der Waals surface area contributed by atoms with Crippen molar-refractivity contribution >= 4 is 5.97 Å². The molecule has 0 spiro atoms. The third-order valence-electron chi connectivity index (χ3n) is 3.58. The van der Waals surface area contributed by atoms with Gasteiger partial charge in [-0.2, -0.15) is 0 Å². The highest BCUT2D eigenvalue weighted by Crippen LogP contribution is 2.26. The van der Waals surface area contributed by atoms with Gasteiger partial charge in [0.05, 0.1) is 18.6 Å². The topological polar surface area (TPSA) is 35.5 Å². The van der Waals surface area contributed by atoms with Gasteiger partial charge in [0.15, 0.2) is 0 Å². The van der Waals surface area contributed by atoms with Crippen LogP contribution in [0.2, 0.25) is 0 Å². The van der Waals surface area contributed by atoms with E-state index in [1.54, 1.807) is 7.11 Å². The van der Waals surface area contributed by atoms with Crippen molar-refractivity contribution in [3.63, 3.8) is 0 Å². The Morgan fingerprint density at radius 1 is 1.12 bits per heavy atom. The molecule has 0 heterocycles. The van der Waals surface area contributed by atoms with Crippen LogP contribution < -0.4 is 0 Å². The van der Waals surface area contributed by atoms with Crippen molar-refractivity contribution in [1.29, 1.82) is 0 Å². The first kappa shape index (κ1) is 14.5. The Morgan fingerprint density at radius 2 is 1.82 bits per heavy atom. The minimum absolute atomic E-state index is 0.0102. The maximum Gasteiger partial charge on any atom is 0.308 e. The molecule has 100 valence electrons. The van der Waals surface area contributed by atoms with Gasteiger partial charge in [0.25, 0.3) is 0 Å². The number of unbranched alkanes of at least 4 members (excludes halogenated alkanes) is 3. The van der Waals surface area contributed by atoms with Gasteiger partial charge in [0, 0.05) is 7.11 Å². The second kappa shape index (κ2) is 8.51.